The number of urea groups is 1. The van der Waals surface area contributed by atoms with Crippen LogP contribution in [0, 0.1) is 11.2 Å². The SMILES string of the molecule is CC(c1ccc(F)cc1)N1CCCC(NC(=O)N2CCC(C)(C(=O)O)C2)C1=O. The van der Waals surface area contributed by atoms with Crippen molar-refractivity contribution in [1.82, 2.24) is 15.1 Å². The van der Waals surface area contributed by atoms with Crippen LogP contribution in [-0.2, 0) is 9.59 Å². The number of hydrogen-bond acceptors (Lipinski definition) is 3. The van der Waals surface area contributed by atoms with E-state index in [0.717, 1.165) is 12.0 Å². The largest absolute Gasteiger partial charge is 0.481 e. The summed E-state index contributed by atoms with van der Waals surface area (Å²) < 4.78 is 13.2. The molecule has 3 atom stereocenters. The molecule has 0 spiro atoms. The van der Waals surface area contributed by atoms with Crippen molar-refractivity contribution in [2.45, 2.75) is 45.2 Å². The number of halogens is 1. The quantitative estimate of drug-likeness (QED) is 0.825. The number of likely N-dealkylation sites (tertiary alicyclic amines) is 2. The Hall–Kier alpha value is -2.64. The standard InChI is InChI=1S/C20H26FN3O4/c1-13(14-5-7-15(21)8-6-14)24-10-3-4-16(17(24)25)22-19(28)23-11-9-20(2,12-23)18(26)27/h5-8,13,16H,3-4,9-12H2,1-2H3,(H,22,28)(H,26,27). The van der Waals surface area contributed by atoms with Crippen LogP contribution in [0.1, 0.15) is 44.7 Å². The van der Waals surface area contributed by atoms with E-state index >= 15 is 0 Å². The fourth-order valence-corrected chi connectivity index (χ4v) is 3.89. The van der Waals surface area contributed by atoms with Gasteiger partial charge in [0, 0.05) is 19.6 Å². The van der Waals surface area contributed by atoms with Gasteiger partial charge in [-0.05, 0) is 50.8 Å². The molecule has 2 saturated heterocycles. The first-order chi connectivity index (χ1) is 13.2. The molecule has 2 aliphatic rings. The van der Waals surface area contributed by atoms with Gasteiger partial charge in [-0.25, -0.2) is 9.18 Å². The summed E-state index contributed by atoms with van der Waals surface area (Å²) in [6.07, 6.45) is 1.68. The Balaban J connectivity index is 1.63. The van der Waals surface area contributed by atoms with Crippen molar-refractivity contribution in [3.63, 3.8) is 0 Å². The zero-order valence-corrected chi connectivity index (χ0v) is 16.2. The summed E-state index contributed by atoms with van der Waals surface area (Å²) in [5.74, 6) is -1.42. The van der Waals surface area contributed by atoms with Crippen LogP contribution in [0.15, 0.2) is 24.3 Å². The van der Waals surface area contributed by atoms with E-state index in [0.29, 0.717) is 25.9 Å². The molecule has 28 heavy (non-hydrogen) atoms. The molecule has 8 heteroatoms. The van der Waals surface area contributed by atoms with Crippen molar-refractivity contribution in [3.8, 4) is 0 Å². The molecule has 2 N–H and O–H groups in total. The number of amides is 3. The summed E-state index contributed by atoms with van der Waals surface area (Å²) in [6.45, 7) is 4.56. The number of rotatable bonds is 4. The van der Waals surface area contributed by atoms with Gasteiger partial charge in [-0.1, -0.05) is 12.1 Å². The third-order valence-electron chi connectivity index (χ3n) is 5.87. The Labute approximate surface area is 163 Å². The number of nitrogens with zero attached hydrogens (tertiary/aromatic N) is 2. The molecule has 2 fully saturated rings. The summed E-state index contributed by atoms with van der Waals surface area (Å²) in [6, 6.07) is 4.78. The molecule has 7 nitrogen and oxygen atoms in total. The van der Waals surface area contributed by atoms with E-state index in [2.05, 4.69) is 5.32 Å². The Morgan fingerprint density at radius 1 is 1.29 bits per heavy atom. The molecule has 3 rings (SSSR count). The van der Waals surface area contributed by atoms with Gasteiger partial charge in [0.05, 0.1) is 11.5 Å². The lowest BCUT2D eigenvalue weighted by Gasteiger charge is -2.37. The van der Waals surface area contributed by atoms with Gasteiger partial charge in [-0.3, -0.25) is 9.59 Å². The van der Waals surface area contributed by atoms with Crippen molar-refractivity contribution in [3.05, 3.63) is 35.6 Å². The minimum atomic E-state index is -0.947. The van der Waals surface area contributed by atoms with Crippen molar-refractivity contribution in [1.29, 1.82) is 0 Å². The molecular weight excluding hydrogens is 365 g/mol. The van der Waals surface area contributed by atoms with Crippen LogP contribution in [0.2, 0.25) is 0 Å². The summed E-state index contributed by atoms with van der Waals surface area (Å²) in [5.41, 5.74) is -0.115. The van der Waals surface area contributed by atoms with Crippen LogP contribution < -0.4 is 5.32 Å². The highest BCUT2D eigenvalue weighted by Crippen LogP contribution is 2.30. The Morgan fingerprint density at radius 3 is 2.57 bits per heavy atom. The molecule has 1 aromatic rings. The van der Waals surface area contributed by atoms with Gasteiger partial charge in [-0.2, -0.15) is 0 Å². The van der Waals surface area contributed by atoms with E-state index in [1.54, 1.807) is 24.0 Å². The van der Waals surface area contributed by atoms with Gasteiger partial charge >= 0.3 is 12.0 Å². The molecule has 0 aliphatic carbocycles. The molecule has 3 unspecified atom stereocenters. The van der Waals surface area contributed by atoms with Crippen molar-refractivity contribution in [2.24, 2.45) is 5.41 Å². The van der Waals surface area contributed by atoms with Crippen molar-refractivity contribution in [2.75, 3.05) is 19.6 Å². The summed E-state index contributed by atoms with van der Waals surface area (Å²) in [4.78, 5) is 40.0. The summed E-state index contributed by atoms with van der Waals surface area (Å²) >= 11 is 0. The van der Waals surface area contributed by atoms with E-state index in [9.17, 15) is 23.9 Å². The number of carboxylic acids is 1. The average Bonchev–Trinajstić information content (AvgIpc) is 3.07. The number of hydrogen-bond donors (Lipinski definition) is 2. The molecule has 0 aromatic heterocycles. The first-order valence-electron chi connectivity index (χ1n) is 9.56. The van der Waals surface area contributed by atoms with Gasteiger partial charge in [0.2, 0.25) is 5.91 Å². The van der Waals surface area contributed by atoms with Crippen LogP contribution >= 0.6 is 0 Å². The molecule has 1 aromatic carbocycles. The zero-order valence-electron chi connectivity index (χ0n) is 16.2. The van der Waals surface area contributed by atoms with Crippen LogP contribution in [-0.4, -0.2) is 58.5 Å². The molecule has 2 heterocycles. The highest BCUT2D eigenvalue weighted by Gasteiger charge is 2.43. The second kappa shape index (κ2) is 7.77. The number of benzene rings is 1. The fourth-order valence-electron chi connectivity index (χ4n) is 3.89. The van der Waals surface area contributed by atoms with Crippen LogP contribution in [0.4, 0.5) is 9.18 Å². The van der Waals surface area contributed by atoms with Crippen LogP contribution in [0.3, 0.4) is 0 Å². The maximum atomic E-state index is 13.2. The molecule has 0 radical (unpaired) electrons. The number of carbonyl (C=O) groups excluding carboxylic acids is 2. The number of nitrogens with one attached hydrogen (secondary N) is 1. The highest BCUT2D eigenvalue weighted by molar-refractivity contribution is 5.88. The number of piperidine rings is 1. The van der Waals surface area contributed by atoms with Gasteiger partial charge < -0.3 is 20.2 Å². The third-order valence-corrected chi connectivity index (χ3v) is 5.87. The third kappa shape index (κ3) is 3.95. The van der Waals surface area contributed by atoms with E-state index in [4.69, 9.17) is 0 Å². The van der Waals surface area contributed by atoms with E-state index in [1.807, 2.05) is 6.92 Å². The smallest absolute Gasteiger partial charge is 0.318 e. The average molecular weight is 391 g/mol. The molecule has 0 bridgehead atoms. The second-order valence-electron chi connectivity index (χ2n) is 7.94. The topological polar surface area (TPSA) is 90.0 Å². The number of carbonyl (C=O) groups is 3. The van der Waals surface area contributed by atoms with Gasteiger partial charge in [0.15, 0.2) is 0 Å². The summed E-state index contributed by atoms with van der Waals surface area (Å²) in [7, 11) is 0. The Kier molecular flexibility index (Phi) is 5.58. The first kappa shape index (κ1) is 20.1. The molecule has 3 amide bonds. The minimum absolute atomic E-state index is 0.130. The van der Waals surface area contributed by atoms with E-state index in [1.165, 1.54) is 17.0 Å². The minimum Gasteiger partial charge on any atom is -0.481 e. The Morgan fingerprint density at radius 2 is 1.96 bits per heavy atom. The predicted octanol–water partition coefficient (Wildman–Crippen LogP) is 2.38. The Bertz CT molecular complexity index is 769. The normalized spacial score (nSPS) is 26.2. The fraction of sp³-hybridized carbons (Fsp3) is 0.550. The second-order valence-corrected chi connectivity index (χ2v) is 7.94. The number of aliphatic carboxylic acids is 1. The van der Waals surface area contributed by atoms with Gasteiger partial charge in [0.1, 0.15) is 11.9 Å². The van der Waals surface area contributed by atoms with Crippen molar-refractivity contribution < 1.29 is 23.9 Å². The predicted molar refractivity (Wildman–Crippen MR) is 100 cm³/mol. The lowest BCUT2D eigenvalue weighted by Crippen LogP contribution is -2.55. The van der Waals surface area contributed by atoms with E-state index in [-0.39, 0.29) is 24.3 Å². The number of carboxylic acid groups (broad SMARTS) is 1. The van der Waals surface area contributed by atoms with E-state index < -0.39 is 23.5 Å². The molecule has 152 valence electrons. The molecule has 2 aliphatic heterocycles. The molecular formula is C20H26FN3O4. The summed E-state index contributed by atoms with van der Waals surface area (Å²) in [5, 5.41) is 12.1. The van der Waals surface area contributed by atoms with Crippen LogP contribution in [0.25, 0.3) is 0 Å². The van der Waals surface area contributed by atoms with Gasteiger partial charge in [0.25, 0.3) is 0 Å². The first-order valence-corrected chi connectivity index (χ1v) is 9.56. The lowest BCUT2D eigenvalue weighted by molar-refractivity contribution is -0.147. The lowest BCUT2D eigenvalue weighted by atomic mass is 9.90. The molecule has 0 saturated carbocycles. The maximum Gasteiger partial charge on any atom is 0.318 e. The van der Waals surface area contributed by atoms with Crippen molar-refractivity contribution >= 4 is 17.9 Å². The van der Waals surface area contributed by atoms with Crippen LogP contribution in [0.5, 0.6) is 0 Å². The maximum absolute atomic E-state index is 13.2. The highest BCUT2D eigenvalue weighted by atomic mass is 19.1. The zero-order chi connectivity index (χ0) is 20.5. The monoisotopic (exact) mass is 391 g/mol. The van der Waals surface area contributed by atoms with Gasteiger partial charge in [-0.15, -0.1) is 0 Å².